The molecule has 1 saturated carbocycles. The van der Waals surface area contributed by atoms with Gasteiger partial charge in [-0.05, 0) is 51.6 Å². The molecule has 2 N–H and O–H groups in total. The zero-order valence-corrected chi connectivity index (χ0v) is 15.3. The van der Waals surface area contributed by atoms with Gasteiger partial charge in [-0.15, -0.1) is 0 Å². The molecular weight excluding hydrogens is 361 g/mol. The average Bonchev–Trinajstić information content (AvgIpc) is 2.98. The second-order valence-electron chi connectivity index (χ2n) is 8.38. The lowest BCUT2D eigenvalue weighted by atomic mass is 9.83. The minimum atomic E-state index is -4.08. The SMILES string of the molecule is O=C1NC[C@@H]2[C@H]1CCCN2C(=O)NC1CC(N2CCC(C(F)(F)F)CC2)C1. The summed E-state index contributed by atoms with van der Waals surface area (Å²) in [6.45, 7) is 2.17. The zero-order chi connectivity index (χ0) is 19.2. The Balaban J connectivity index is 1.22. The maximum Gasteiger partial charge on any atom is 0.391 e. The van der Waals surface area contributed by atoms with Gasteiger partial charge in [-0.3, -0.25) is 4.79 Å². The molecule has 3 heterocycles. The van der Waals surface area contributed by atoms with Crippen molar-refractivity contribution in [3.63, 3.8) is 0 Å². The molecule has 0 aromatic rings. The number of nitrogens with zero attached hydrogens (tertiary/aromatic N) is 2. The number of rotatable bonds is 2. The Bertz CT molecular complexity index is 586. The number of fused-ring (bicyclic) bond motifs is 1. The van der Waals surface area contributed by atoms with Crippen LogP contribution >= 0.6 is 0 Å². The predicted octanol–water partition coefficient (Wildman–Crippen LogP) is 1.71. The highest BCUT2D eigenvalue weighted by Gasteiger charge is 2.45. The number of likely N-dealkylation sites (tertiary alicyclic amines) is 2. The van der Waals surface area contributed by atoms with Crippen LogP contribution in [-0.4, -0.2) is 72.2 Å². The van der Waals surface area contributed by atoms with Crippen LogP contribution < -0.4 is 10.6 Å². The molecule has 3 aliphatic heterocycles. The summed E-state index contributed by atoms with van der Waals surface area (Å²) in [7, 11) is 0. The van der Waals surface area contributed by atoms with Gasteiger partial charge in [0.2, 0.25) is 5.91 Å². The van der Waals surface area contributed by atoms with E-state index in [1.54, 1.807) is 4.90 Å². The Labute approximate surface area is 156 Å². The molecular formula is C18H27F3N4O2. The molecule has 2 atom stereocenters. The van der Waals surface area contributed by atoms with Crippen molar-refractivity contribution in [1.82, 2.24) is 20.4 Å². The lowest BCUT2D eigenvalue weighted by Gasteiger charge is -2.46. The van der Waals surface area contributed by atoms with Gasteiger partial charge < -0.3 is 20.4 Å². The van der Waals surface area contributed by atoms with Crippen molar-refractivity contribution < 1.29 is 22.8 Å². The largest absolute Gasteiger partial charge is 0.391 e. The summed E-state index contributed by atoms with van der Waals surface area (Å²) in [6.07, 6.45) is -0.471. The molecule has 3 amide bonds. The van der Waals surface area contributed by atoms with Crippen LogP contribution in [0.1, 0.15) is 38.5 Å². The highest BCUT2D eigenvalue weighted by Crippen LogP contribution is 2.37. The summed E-state index contributed by atoms with van der Waals surface area (Å²) < 4.78 is 38.3. The topological polar surface area (TPSA) is 64.7 Å². The Morgan fingerprint density at radius 2 is 1.81 bits per heavy atom. The fourth-order valence-electron chi connectivity index (χ4n) is 5.06. The molecule has 0 bridgehead atoms. The van der Waals surface area contributed by atoms with E-state index >= 15 is 0 Å². The molecule has 4 aliphatic rings. The highest BCUT2D eigenvalue weighted by atomic mass is 19.4. The number of hydrogen-bond donors (Lipinski definition) is 2. The number of piperidine rings is 2. The maximum absolute atomic E-state index is 12.8. The normalized spacial score (nSPS) is 35.4. The van der Waals surface area contributed by atoms with E-state index in [0.29, 0.717) is 26.2 Å². The molecule has 4 fully saturated rings. The van der Waals surface area contributed by atoms with Crippen molar-refractivity contribution in [2.45, 2.75) is 62.8 Å². The molecule has 6 nitrogen and oxygen atoms in total. The van der Waals surface area contributed by atoms with E-state index in [4.69, 9.17) is 0 Å². The number of amides is 3. The fourth-order valence-corrected chi connectivity index (χ4v) is 5.06. The van der Waals surface area contributed by atoms with Gasteiger partial charge in [0.1, 0.15) is 0 Å². The van der Waals surface area contributed by atoms with Gasteiger partial charge in [0.05, 0.1) is 17.9 Å². The molecule has 0 aromatic carbocycles. The van der Waals surface area contributed by atoms with Gasteiger partial charge in [-0.1, -0.05) is 0 Å². The minimum absolute atomic E-state index is 0.0449. The molecule has 0 aromatic heterocycles. The fraction of sp³-hybridized carbons (Fsp3) is 0.889. The van der Waals surface area contributed by atoms with Gasteiger partial charge in [-0.25, -0.2) is 4.79 Å². The highest BCUT2D eigenvalue weighted by molar-refractivity contribution is 5.84. The molecule has 4 rings (SSSR count). The van der Waals surface area contributed by atoms with E-state index < -0.39 is 12.1 Å². The molecule has 1 aliphatic carbocycles. The third kappa shape index (κ3) is 3.75. The van der Waals surface area contributed by atoms with E-state index in [2.05, 4.69) is 15.5 Å². The monoisotopic (exact) mass is 388 g/mol. The second-order valence-corrected chi connectivity index (χ2v) is 8.38. The van der Waals surface area contributed by atoms with Crippen molar-refractivity contribution in [2.75, 3.05) is 26.2 Å². The van der Waals surface area contributed by atoms with Crippen LogP contribution in [0.2, 0.25) is 0 Å². The van der Waals surface area contributed by atoms with E-state index in [1.807, 2.05) is 0 Å². The summed E-state index contributed by atoms with van der Waals surface area (Å²) in [5.41, 5.74) is 0. The van der Waals surface area contributed by atoms with Crippen molar-refractivity contribution in [3.8, 4) is 0 Å². The van der Waals surface area contributed by atoms with Gasteiger partial charge >= 0.3 is 12.2 Å². The zero-order valence-electron chi connectivity index (χ0n) is 15.3. The quantitative estimate of drug-likeness (QED) is 0.757. The van der Waals surface area contributed by atoms with Gasteiger partial charge in [0, 0.05) is 25.2 Å². The Morgan fingerprint density at radius 1 is 1.11 bits per heavy atom. The molecule has 27 heavy (non-hydrogen) atoms. The molecule has 0 radical (unpaired) electrons. The van der Waals surface area contributed by atoms with Crippen molar-refractivity contribution >= 4 is 11.9 Å². The summed E-state index contributed by atoms with van der Waals surface area (Å²) in [5, 5.41) is 5.90. The third-order valence-corrected chi connectivity index (χ3v) is 6.81. The molecule has 9 heteroatoms. The first kappa shape index (κ1) is 18.8. The summed E-state index contributed by atoms with van der Waals surface area (Å²) in [5.74, 6) is -1.21. The second kappa shape index (κ2) is 7.14. The van der Waals surface area contributed by atoms with Crippen LogP contribution in [-0.2, 0) is 4.79 Å². The number of carbonyl (C=O) groups is 2. The number of carbonyl (C=O) groups excluding carboxylic acids is 2. The lowest BCUT2D eigenvalue weighted by molar-refractivity contribution is -0.187. The Kier molecular flexibility index (Phi) is 4.98. The Morgan fingerprint density at radius 3 is 2.48 bits per heavy atom. The molecule has 0 spiro atoms. The van der Waals surface area contributed by atoms with Crippen LogP contribution in [0, 0.1) is 11.8 Å². The lowest BCUT2D eigenvalue weighted by Crippen LogP contribution is -2.60. The average molecular weight is 388 g/mol. The molecule has 0 unspecified atom stereocenters. The van der Waals surface area contributed by atoms with Gasteiger partial charge in [0.15, 0.2) is 0 Å². The summed E-state index contributed by atoms with van der Waals surface area (Å²) >= 11 is 0. The first-order valence-electron chi connectivity index (χ1n) is 9.98. The van der Waals surface area contributed by atoms with E-state index in [0.717, 1.165) is 25.7 Å². The van der Waals surface area contributed by atoms with Crippen molar-refractivity contribution in [2.24, 2.45) is 11.8 Å². The Hall–Kier alpha value is -1.51. The predicted molar refractivity (Wildman–Crippen MR) is 91.9 cm³/mol. The third-order valence-electron chi connectivity index (χ3n) is 6.81. The van der Waals surface area contributed by atoms with Crippen LogP contribution in [0.25, 0.3) is 0 Å². The van der Waals surface area contributed by atoms with E-state index in [9.17, 15) is 22.8 Å². The smallest absolute Gasteiger partial charge is 0.354 e. The number of urea groups is 1. The number of alkyl halides is 3. The van der Waals surface area contributed by atoms with Crippen LogP contribution in [0.3, 0.4) is 0 Å². The van der Waals surface area contributed by atoms with Crippen molar-refractivity contribution in [1.29, 1.82) is 0 Å². The number of nitrogens with one attached hydrogen (secondary N) is 2. The van der Waals surface area contributed by atoms with Crippen LogP contribution in [0.4, 0.5) is 18.0 Å². The summed E-state index contributed by atoms with van der Waals surface area (Å²) in [4.78, 5) is 28.4. The van der Waals surface area contributed by atoms with Crippen LogP contribution in [0.15, 0.2) is 0 Å². The van der Waals surface area contributed by atoms with Gasteiger partial charge in [0.25, 0.3) is 0 Å². The first-order valence-corrected chi connectivity index (χ1v) is 9.98. The number of halogens is 3. The number of hydrogen-bond acceptors (Lipinski definition) is 3. The van der Waals surface area contributed by atoms with Gasteiger partial charge in [-0.2, -0.15) is 13.2 Å². The molecule has 3 saturated heterocycles. The van der Waals surface area contributed by atoms with E-state index in [1.165, 1.54) is 0 Å². The molecule has 152 valence electrons. The maximum atomic E-state index is 12.8. The van der Waals surface area contributed by atoms with E-state index in [-0.39, 0.29) is 48.8 Å². The summed E-state index contributed by atoms with van der Waals surface area (Å²) in [6, 6.07) is 0.186. The van der Waals surface area contributed by atoms with Crippen molar-refractivity contribution in [3.05, 3.63) is 0 Å². The van der Waals surface area contributed by atoms with Crippen LogP contribution in [0.5, 0.6) is 0 Å². The first-order chi connectivity index (χ1) is 12.8. The minimum Gasteiger partial charge on any atom is -0.354 e. The standard InChI is InChI=1S/C18H27F3N4O2/c19-18(20,21)11-3-6-24(7-4-11)13-8-12(9-13)23-17(27)25-5-1-2-14-15(25)10-22-16(14)26/h11-15H,1-10H2,(H,22,26)(H,23,27)/t12?,13?,14-,15-/m1/s1.